The molecule has 1 aromatic rings. The van der Waals surface area contributed by atoms with Gasteiger partial charge in [0, 0.05) is 38.3 Å². The van der Waals surface area contributed by atoms with Gasteiger partial charge in [0.1, 0.15) is 5.82 Å². The number of thioether (sulfide) groups is 1. The monoisotopic (exact) mass is 283 g/mol. The van der Waals surface area contributed by atoms with E-state index in [1.165, 1.54) is 0 Å². The fraction of sp³-hybridized carbons (Fsp3) is 0.700. The average Bonchev–Trinajstić information content (AvgIpc) is 2.71. The number of ether oxygens (including phenoxy) is 1. The van der Waals surface area contributed by atoms with E-state index >= 15 is 0 Å². The SMILES string of the molecule is COCCNCc1nccn1CCSC(F)(F)F. The highest BCUT2D eigenvalue weighted by atomic mass is 32.2. The first-order valence-corrected chi connectivity index (χ1v) is 6.42. The van der Waals surface area contributed by atoms with Gasteiger partial charge in [-0.25, -0.2) is 4.98 Å². The number of hydrogen-bond acceptors (Lipinski definition) is 4. The molecular weight excluding hydrogens is 267 g/mol. The number of aryl methyl sites for hydroxylation is 1. The third kappa shape index (κ3) is 6.27. The highest BCUT2D eigenvalue weighted by molar-refractivity contribution is 8.00. The second kappa shape index (κ2) is 7.65. The molecule has 0 bridgehead atoms. The molecule has 0 aliphatic carbocycles. The van der Waals surface area contributed by atoms with Crippen molar-refractivity contribution >= 4 is 11.8 Å². The average molecular weight is 283 g/mol. The molecule has 0 fully saturated rings. The second-order valence-corrected chi connectivity index (χ2v) is 4.66. The van der Waals surface area contributed by atoms with Crippen LogP contribution in [-0.4, -0.2) is 41.1 Å². The fourth-order valence-electron chi connectivity index (χ4n) is 1.34. The minimum atomic E-state index is -4.17. The maximum Gasteiger partial charge on any atom is 0.441 e. The molecule has 0 radical (unpaired) electrons. The molecule has 18 heavy (non-hydrogen) atoms. The van der Waals surface area contributed by atoms with E-state index in [0.717, 1.165) is 5.82 Å². The summed E-state index contributed by atoms with van der Waals surface area (Å²) in [4.78, 5) is 4.10. The number of methoxy groups -OCH3 is 1. The summed E-state index contributed by atoms with van der Waals surface area (Å²) < 4.78 is 42.5. The Labute approximate surface area is 108 Å². The van der Waals surface area contributed by atoms with E-state index in [1.807, 2.05) is 0 Å². The van der Waals surface area contributed by atoms with Gasteiger partial charge in [0.2, 0.25) is 0 Å². The van der Waals surface area contributed by atoms with Crippen LogP contribution in [0.15, 0.2) is 12.4 Å². The van der Waals surface area contributed by atoms with Crippen LogP contribution in [0.1, 0.15) is 5.82 Å². The largest absolute Gasteiger partial charge is 0.441 e. The summed E-state index contributed by atoms with van der Waals surface area (Å²) in [5.41, 5.74) is -4.17. The lowest BCUT2D eigenvalue weighted by Gasteiger charge is -2.09. The van der Waals surface area contributed by atoms with Crippen LogP contribution in [0.5, 0.6) is 0 Å². The Hall–Kier alpha value is -0.730. The molecule has 0 spiro atoms. The molecule has 0 aromatic carbocycles. The summed E-state index contributed by atoms with van der Waals surface area (Å²) in [6.45, 7) is 2.09. The van der Waals surface area contributed by atoms with Crippen LogP contribution in [-0.2, 0) is 17.8 Å². The number of rotatable bonds is 8. The van der Waals surface area contributed by atoms with Crippen LogP contribution in [0.4, 0.5) is 13.2 Å². The molecule has 0 unspecified atom stereocenters. The molecule has 104 valence electrons. The number of nitrogens with zero attached hydrogens (tertiary/aromatic N) is 2. The normalized spacial score (nSPS) is 12.0. The lowest BCUT2D eigenvalue weighted by atomic mass is 10.5. The van der Waals surface area contributed by atoms with Gasteiger partial charge in [-0.15, -0.1) is 0 Å². The van der Waals surface area contributed by atoms with E-state index in [0.29, 0.717) is 26.2 Å². The maximum absolute atomic E-state index is 12.0. The van der Waals surface area contributed by atoms with Crippen molar-refractivity contribution in [1.82, 2.24) is 14.9 Å². The summed E-state index contributed by atoms with van der Waals surface area (Å²) in [5.74, 6) is 0.721. The lowest BCUT2D eigenvalue weighted by molar-refractivity contribution is -0.0328. The molecule has 0 amide bonds. The van der Waals surface area contributed by atoms with Crippen molar-refractivity contribution in [1.29, 1.82) is 0 Å². The molecule has 0 aliphatic rings. The third-order valence-electron chi connectivity index (χ3n) is 2.17. The van der Waals surface area contributed by atoms with Gasteiger partial charge in [-0.1, -0.05) is 0 Å². The minimum absolute atomic E-state index is 0.00900. The molecule has 4 nitrogen and oxygen atoms in total. The molecule has 0 saturated carbocycles. The highest BCUT2D eigenvalue weighted by Crippen LogP contribution is 2.30. The molecule has 0 atom stereocenters. The zero-order chi connectivity index (χ0) is 13.4. The van der Waals surface area contributed by atoms with Crippen molar-refractivity contribution in [3.63, 3.8) is 0 Å². The molecule has 1 rings (SSSR count). The first-order chi connectivity index (χ1) is 8.53. The van der Waals surface area contributed by atoms with Crippen molar-refractivity contribution in [2.45, 2.75) is 18.6 Å². The van der Waals surface area contributed by atoms with Crippen molar-refractivity contribution < 1.29 is 17.9 Å². The molecule has 1 aromatic heterocycles. The summed E-state index contributed by atoms with van der Waals surface area (Å²) >= 11 is -0.0165. The third-order valence-corrected chi connectivity index (χ3v) is 2.88. The van der Waals surface area contributed by atoms with Gasteiger partial charge < -0.3 is 14.6 Å². The first-order valence-electron chi connectivity index (χ1n) is 5.43. The lowest BCUT2D eigenvalue weighted by Crippen LogP contribution is -2.21. The maximum atomic E-state index is 12.0. The Balaban J connectivity index is 2.31. The molecule has 1 heterocycles. The first kappa shape index (κ1) is 15.3. The summed E-state index contributed by atoms with van der Waals surface area (Å²) in [7, 11) is 1.61. The number of nitrogens with one attached hydrogen (secondary N) is 1. The number of imidazole rings is 1. The number of alkyl halides is 3. The minimum Gasteiger partial charge on any atom is -0.383 e. The van der Waals surface area contributed by atoms with E-state index in [4.69, 9.17) is 4.74 Å². The predicted molar refractivity (Wildman–Crippen MR) is 64.3 cm³/mol. The van der Waals surface area contributed by atoms with Crippen molar-refractivity contribution in [2.75, 3.05) is 26.0 Å². The zero-order valence-corrected chi connectivity index (χ0v) is 10.9. The Bertz CT molecular complexity index is 343. The van der Waals surface area contributed by atoms with E-state index in [1.54, 1.807) is 24.1 Å². The standard InChI is InChI=1S/C10H16F3N3OS/c1-17-6-3-14-8-9-15-2-4-16(9)5-7-18-10(11,12)13/h2,4,14H,3,5-8H2,1H3. The Kier molecular flexibility index (Phi) is 6.51. The van der Waals surface area contributed by atoms with Crippen LogP contribution in [0.2, 0.25) is 0 Å². The molecule has 0 saturated heterocycles. The van der Waals surface area contributed by atoms with Gasteiger partial charge in [0.15, 0.2) is 0 Å². The molecular formula is C10H16F3N3OS. The van der Waals surface area contributed by atoms with Gasteiger partial charge in [-0.2, -0.15) is 13.2 Å². The smallest absolute Gasteiger partial charge is 0.383 e. The number of halogens is 3. The van der Waals surface area contributed by atoms with Gasteiger partial charge in [0.25, 0.3) is 0 Å². The second-order valence-electron chi connectivity index (χ2n) is 3.50. The summed E-state index contributed by atoms with van der Waals surface area (Å²) in [5, 5.41) is 3.10. The van der Waals surface area contributed by atoms with Crippen LogP contribution in [0.25, 0.3) is 0 Å². The Morgan fingerprint density at radius 3 is 2.94 bits per heavy atom. The van der Waals surface area contributed by atoms with Crippen LogP contribution >= 0.6 is 11.8 Å². The predicted octanol–water partition coefficient (Wildman–Crippen LogP) is 1.87. The Morgan fingerprint density at radius 1 is 1.50 bits per heavy atom. The van der Waals surface area contributed by atoms with Crippen molar-refractivity contribution in [3.8, 4) is 0 Å². The molecule has 0 aliphatic heterocycles. The van der Waals surface area contributed by atoms with Gasteiger partial charge in [0.05, 0.1) is 13.2 Å². The Morgan fingerprint density at radius 2 is 2.28 bits per heavy atom. The van der Waals surface area contributed by atoms with Crippen LogP contribution in [0, 0.1) is 0 Å². The van der Waals surface area contributed by atoms with Gasteiger partial charge >= 0.3 is 5.51 Å². The van der Waals surface area contributed by atoms with Gasteiger partial charge in [-0.05, 0) is 11.8 Å². The summed E-state index contributed by atoms with van der Waals surface area (Å²) in [6.07, 6.45) is 3.27. The number of hydrogen-bond donors (Lipinski definition) is 1. The highest BCUT2D eigenvalue weighted by Gasteiger charge is 2.27. The zero-order valence-electron chi connectivity index (χ0n) is 10.0. The van der Waals surface area contributed by atoms with E-state index in [9.17, 15) is 13.2 Å². The molecule has 8 heteroatoms. The fourth-order valence-corrected chi connectivity index (χ4v) is 1.86. The van der Waals surface area contributed by atoms with Gasteiger partial charge in [-0.3, -0.25) is 0 Å². The van der Waals surface area contributed by atoms with Crippen LogP contribution < -0.4 is 5.32 Å². The number of aromatic nitrogens is 2. The van der Waals surface area contributed by atoms with E-state index in [-0.39, 0.29) is 17.5 Å². The van der Waals surface area contributed by atoms with Crippen molar-refractivity contribution in [2.24, 2.45) is 0 Å². The topological polar surface area (TPSA) is 39.1 Å². The van der Waals surface area contributed by atoms with E-state index < -0.39 is 5.51 Å². The van der Waals surface area contributed by atoms with E-state index in [2.05, 4.69) is 10.3 Å². The van der Waals surface area contributed by atoms with Crippen molar-refractivity contribution in [3.05, 3.63) is 18.2 Å². The van der Waals surface area contributed by atoms with Crippen LogP contribution in [0.3, 0.4) is 0 Å². The quantitative estimate of drug-likeness (QED) is 0.739. The summed E-state index contributed by atoms with van der Waals surface area (Å²) in [6, 6.07) is 0. The molecule has 1 N–H and O–H groups in total.